The van der Waals surface area contributed by atoms with E-state index in [0.717, 1.165) is 35.5 Å². The number of rotatable bonds is 6. The second kappa shape index (κ2) is 7.98. The predicted octanol–water partition coefficient (Wildman–Crippen LogP) is 1.95. The highest BCUT2D eigenvalue weighted by atomic mass is 16.5. The number of imide groups is 1. The van der Waals surface area contributed by atoms with Crippen molar-refractivity contribution in [2.45, 2.75) is 44.1 Å². The van der Waals surface area contributed by atoms with Gasteiger partial charge >= 0.3 is 6.03 Å². The SMILES string of the molecule is COc1ccc(CCNC(=O)CN2C(=O)N(C)C3(CCCCC3)C2=O)cc1. The topological polar surface area (TPSA) is 79.0 Å². The molecule has 27 heavy (non-hydrogen) atoms. The smallest absolute Gasteiger partial charge is 0.327 e. The molecule has 1 aromatic rings. The van der Waals surface area contributed by atoms with E-state index in [2.05, 4.69) is 5.32 Å². The molecule has 0 unspecified atom stereocenters. The number of urea groups is 1. The van der Waals surface area contributed by atoms with Crippen molar-refractivity contribution in [3.63, 3.8) is 0 Å². The van der Waals surface area contributed by atoms with Gasteiger partial charge in [-0.15, -0.1) is 0 Å². The number of carbonyl (C=O) groups is 3. The van der Waals surface area contributed by atoms with E-state index in [-0.39, 0.29) is 24.4 Å². The first kappa shape index (κ1) is 19.2. The van der Waals surface area contributed by atoms with Gasteiger partial charge in [-0.3, -0.25) is 14.5 Å². The van der Waals surface area contributed by atoms with Crippen LogP contribution in [0.5, 0.6) is 5.75 Å². The first-order valence-electron chi connectivity index (χ1n) is 9.47. The number of carbonyl (C=O) groups excluding carboxylic acids is 3. The second-order valence-electron chi connectivity index (χ2n) is 7.27. The molecular formula is C20H27N3O4. The summed E-state index contributed by atoms with van der Waals surface area (Å²) in [6, 6.07) is 7.27. The highest BCUT2D eigenvalue weighted by molar-refractivity contribution is 6.08. The number of nitrogens with one attached hydrogen (secondary N) is 1. The van der Waals surface area contributed by atoms with E-state index in [4.69, 9.17) is 4.74 Å². The minimum atomic E-state index is -0.737. The van der Waals surface area contributed by atoms with Crippen LogP contribution in [0.1, 0.15) is 37.7 Å². The Morgan fingerprint density at radius 2 is 1.81 bits per heavy atom. The third kappa shape index (κ3) is 3.77. The molecule has 1 N–H and O–H groups in total. The van der Waals surface area contributed by atoms with Gasteiger partial charge in [-0.25, -0.2) is 4.79 Å². The first-order chi connectivity index (χ1) is 13.0. The molecule has 1 aliphatic carbocycles. The molecule has 1 spiro atoms. The van der Waals surface area contributed by atoms with Gasteiger partial charge in [-0.05, 0) is 37.0 Å². The van der Waals surface area contributed by atoms with E-state index in [1.165, 1.54) is 0 Å². The lowest BCUT2D eigenvalue weighted by Gasteiger charge is -2.35. The van der Waals surface area contributed by atoms with Crippen LogP contribution in [0.3, 0.4) is 0 Å². The molecule has 2 fully saturated rings. The summed E-state index contributed by atoms with van der Waals surface area (Å²) in [6.07, 6.45) is 4.99. The molecule has 0 radical (unpaired) electrons. The lowest BCUT2D eigenvalue weighted by Crippen LogP contribution is -2.49. The lowest BCUT2D eigenvalue weighted by molar-refractivity contribution is -0.137. The monoisotopic (exact) mass is 373 g/mol. The summed E-state index contributed by atoms with van der Waals surface area (Å²) < 4.78 is 5.12. The van der Waals surface area contributed by atoms with Crippen molar-refractivity contribution in [1.29, 1.82) is 0 Å². The van der Waals surface area contributed by atoms with E-state index >= 15 is 0 Å². The Kier molecular flexibility index (Phi) is 5.68. The number of hydrogen-bond donors (Lipinski definition) is 1. The van der Waals surface area contributed by atoms with Gasteiger partial charge in [-0.2, -0.15) is 0 Å². The number of nitrogens with zero attached hydrogens (tertiary/aromatic N) is 2. The van der Waals surface area contributed by atoms with Gasteiger partial charge in [-0.1, -0.05) is 31.4 Å². The Bertz CT molecular complexity index is 710. The molecule has 2 aliphatic rings. The Labute approximate surface area is 159 Å². The highest BCUT2D eigenvalue weighted by Crippen LogP contribution is 2.39. The van der Waals surface area contributed by atoms with Crippen molar-refractivity contribution in [2.75, 3.05) is 27.2 Å². The summed E-state index contributed by atoms with van der Waals surface area (Å²) in [5, 5.41) is 2.80. The molecule has 146 valence electrons. The summed E-state index contributed by atoms with van der Waals surface area (Å²) in [6.45, 7) is 0.231. The van der Waals surface area contributed by atoms with Crippen LogP contribution in [-0.4, -0.2) is 60.4 Å². The van der Waals surface area contributed by atoms with Gasteiger partial charge in [0, 0.05) is 13.6 Å². The molecular weight excluding hydrogens is 346 g/mol. The summed E-state index contributed by atoms with van der Waals surface area (Å²) >= 11 is 0. The molecule has 0 atom stereocenters. The van der Waals surface area contributed by atoms with E-state index in [9.17, 15) is 14.4 Å². The molecule has 7 nitrogen and oxygen atoms in total. The van der Waals surface area contributed by atoms with Gasteiger partial charge < -0.3 is 15.0 Å². The van der Waals surface area contributed by atoms with E-state index in [1.807, 2.05) is 24.3 Å². The molecule has 3 rings (SSSR count). The zero-order valence-corrected chi connectivity index (χ0v) is 16.0. The molecule has 1 heterocycles. The van der Waals surface area contributed by atoms with Crippen molar-refractivity contribution >= 4 is 17.8 Å². The van der Waals surface area contributed by atoms with Gasteiger partial charge in [0.15, 0.2) is 0 Å². The number of benzene rings is 1. The zero-order chi connectivity index (χ0) is 19.4. The molecule has 1 saturated carbocycles. The van der Waals surface area contributed by atoms with E-state index in [0.29, 0.717) is 25.8 Å². The molecule has 0 aromatic heterocycles. The maximum absolute atomic E-state index is 12.9. The van der Waals surface area contributed by atoms with Crippen LogP contribution in [0, 0.1) is 0 Å². The van der Waals surface area contributed by atoms with Gasteiger partial charge in [0.2, 0.25) is 5.91 Å². The number of amides is 4. The third-order valence-electron chi connectivity index (χ3n) is 5.68. The number of ether oxygens (including phenoxy) is 1. The Morgan fingerprint density at radius 3 is 2.44 bits per heavy atom. The lowest BCUT2D eigenvalue weighted by atomic mass is 9.81. The van der Waals surface area contributed by atoms with Crippen LogP contribution < -0.4 is 10.1 Å². The summed E-state index contributed by atoms with van der Waals surface area (Å²) in [7, 11) is 3.29. The Balaban J connectivity index is 1.52. The normalized spacial score (nSPS) is 18.9. The maximum Gasteiger partial charge on any atom is 0.327 e. The van der Waals surface area contributed by atoms with Crippen molar-refractivity contribution in [1.82, 2.24) is 15.1 Å². The standard InChI is InChI=1S/C20H27N3O4/c1-22-19(26)23(18(25)20(22)11-4-3-5-12-20)14-17(24)21-13-10-15-6-8-16(27-2)9-7-15/h6-9H,3-5,10-14H2,1-2H3,(H,21,24). The molecule has 1 aliphatic heterocycles. The fraction of sp³-hybridized carbons (Fsp3) is 0.550. The van der Waals surface area contributed by atoms with Crippen LogP contribution in [0.2, 0.25) is 0 Å². The number of methoxy groups -OCH3 is 1. The fourth-order valence-electron chi connectivity index (χ4n) is 4.01. The van der Waals surface area contributed by atoms with Crippen molar-refractivity contribution in [3.05, 3.63) is 29.8 Å². The minimum absolute atomic E-state index is 0.216. The van der Waals surface area contributed by atoms with Crippen LogP contribution in [-0.2, 0) is 16.0 Å². The van der Waals surface area contributed by atoms with Gasteiger partial charge in [0.05, 0.1) is 7.11 Å². The van der Waals surface area contributed by atoms with Crippen LogP contribution in [0.25, 0.3) is 0 Å². The van der Waals surface area contributed by atoms with E-state index in [1.54, 1.807) is 19.1 Å². The second-order valence-corrected chi connectivity index (χ2v) is 7.27. The first-order valence-corrected chi connectivity index (χ1v) is 9.47. The molecule has 0 bridgehead atoms. The van der Waals surface area contributed by atoms with Crippen molar-refractivity contribution < 1.29 is 19.1 Å². The van der Waals surface area contributed by atoms with Crippen molar-refractivity contribution in [2.24, 2.45) is 0 Å². The summed E-state index contributed by atoms with van der Waals surface area (Å²) in [4.78, 5) is 40.3. The predicted molar refractivity (Wildman–Crippen MR) is 100 cm³/mol. The van der Waals surface area contributed by atoms with Crippen LogP contribution in [0.15, 0.2) is 24.3 Å². The Hall–Kier alpha value is -2.57. The fourth-order valence-corrected chi connectivity index (χ4v) is 4.01. The minimum Gasteiger partial charge on any atom is -0.497 e. The van der Waals surface area contributed by atoms with E-state index < -0.39 is 5.54 Å². The maximum atomic E-state index is 12.9. The average Bonchev–Trinajstić information content (AvgIpc) is 2.85. The van der Waals surface area contributed by atoms with Gasteiger partial charge in [0.25, 0.3) is 5.91 Å². The summed E-state index contributed by atoms with van der Waals surface area (Å²) in [5.74, 6) is 0.251. The molecule has 1 saturated heterocycles. The average molecular weight is 373 g/mol. The number of likely N-dealkylation sites (N-methyl/N-ethyl adjacent to an activating group) is 1. The quantitative estimate of drug-likeness (QED) is 0.773. The largest absolute Gasteiger partial charge is 0.497 e. The molecule has 7 heteroatoms. The number of hydrogen-bond acceptors (Lipinski definition) is 4. The van der Waals surface area contributed by atoms with Crippen LogP contribution in [0.4, 0.5) is 4.79 Å². The van der Waals surface area contributed by atoms with Gasteiger partial charge in [0.1, 0.15) is 17.8 Å². The third-order valence-corrected chi connectivity index (χ3v) is 5.68. The molecule has 4 amide bonds. The molecule has 1 aromatic carbocycles. The van der Waals surface area contributed by atoms with Crippen LogP contribution >= 0.6 is 0 Å². The summed E-state index contributed by atoms with van der Waals surface area (Å²) in [5.41, 5.74) is 0.337. The van der Waals surface area contributed by atoms with Crippen molar-refractivity contribution in [3.8, 4) is 5.75 Å². The highest BCUT2D eigenvalue weighted by Gasteiger charge is 2.55. The Morgan fingerprint density at radius 1 is 1.15 bits per heavy atom. The zero-order valence-electron chi connectivity index (χ0n) is 16.0.